The minimum Gasteiger partial charge on any atom is -0.457 e. The van der Waals surface area contributed by atoms with Gasteiger partial charge in [-0.15, -0.1) is 0 Å². The molecule has 0 aliphatic heterocycles. The molecular weight excluding hydrogens is 498 g/mol. The molecule has 6 heteroatoms. The van der Waals surface area contributed by atoms with Crippen molar-refractivity contribution in [2.24, 2.45) is 22.7 Å². The van der Waals surface area contributed by atoms with Gasteiger partial charge in [0.05, 0.1) is 9.31 Å². The fourth-order valence-electron chi connectivity index (χ4n) is 4.70. The number of benzene rings is 2. The molecule has 0 N–H and O–H groups in total. The minimum atomic E-state index is -0.967. The maximum atomic E-state index is 12.8. The van der Waals surface area contributed by atoms with Crippen molar-refractivity contribution in [3.05, 3.63) is 69.6 Å². The smallest absolute Gasteiger partial charge is 0.311 e. The normalized spacial score (nSPS) is 29.6. The van der Waals surface area contributed by atoms with Gasteiger partial charge in [-0.1, -0.05) is 50.3 Å². The molecule has 148 valence electrons. The van der Waals surface area contributed by atoms with Crippen molar-refractivity contribution in [2.45, 2.75) is 20.0 Å². The molecule has 0 aromatic heterocycles. The molecule has 2 aliphatic carbocycles. The zero-order valence-corrected chi connectivity index (χ0v) is 19.1. The van der Waals surface area contributed by atoms with Gasteiger partial charge in [0.2, 0.25) is 6.10 Å². The Morgan fingerprint density at radius 1 is 1.10 bits per heavy atom. The molecule has 2 unspecified atom stereocenters. The molecule has 0 saturated heterocycles. The molecule has 2 aliphatic rings. The largest absolute Gasteiger partial charge is 0.457 e. The number of allylic oxidation sites excluding steroid dienone is 1. The number of carbonyl (C=O) groups is 1. The highest BCUT2D eigenvalue weighted by Crippen LogP contribution is 2.94. The number of rotatable bonds is 6. The second-order valence-corrected chi connectivity index (χ2v) is 10.6. The van der Waals surface area contributed by atoms with Crippen LogP contribution in [-0.2, 0) is 9.53 Å². The highest BCUT2D eigenvalue weighted by molar-refractivity contribution is 9.28. The van der Waals surface area contributed by atoms with Crippen LogP contribution in [0, 0.1) is 34.0 Å². The van der Waals surface area contributed by atoms with Crippen molar-refractivity contribution < 1.29 is 14.3 Å². The first-order valence-electron chi connectivity index (χ1n) is 9.28. The van der Waals surface area contributed by atoms with Crippen LogP contribution in [0.4, 0.5) is 0 Å². The van der Waals surface area contributed by atoms with Crippen molar-refractivity contribution in [2.75, 3.05) is 0 Å². The van der Waals surface area contributed by atoms with Gasteiger partial charge in [0.25, 0.3) is 0 Å². The number of hydrogen-bond acceptors (Lipinski definition) is 4. The maximum Gasteiger partial charge on any atom is 0.311 e. The summed E-state index contributed by atoms with van der Waals surface area (Å²) in [5, 5.41) is 9.60. The summed E-state index contributed by atoms with van der Waals surface area (Å²) in [4.78, 5) is 12.8. The molecule has 2 aromatic rings. The standard InChI is InChI=1S/C23H19Br2NO3/c1-22-18(12-19(24)25)23(22,2)20(22)21(27)29-17(13-26)14-7-6-10-16(11-14)28-15-8-4-3-5-9-15/h3-12,17-18,20H,1-2H3/t17-,18?,20?,22?,23?/m1/s1. The van der Waals surface area contributed by atoms with Crippen molar-refractivity contribution in [3.8, 4) is 17.6 Å². The van der Waals surface area contributed by atoms with Gasteiger partial charge < -0.3 is 9.47 Å². The molecule has 4 rings (SSSR count). The van der Waals surface area contributed by atoms with E-state index >= 15 is 0 Å². The third kappa shape index (κ3) is 3.31. The second kappa shape index (κ2) is 7.30. The van der Waals surface area contributed by atoms with Crippen LogP contribution >= 0.6 is 31.9 Å². The summed E-state index contributed by atoms with van der Waals surface area (Å²) in [5.41, 5.74) is 0.392. The number of halogens is 2. The van der Waals surface area contributed by atoms with E-state index in [1.54, 1.807) is 24.3 Å². The summed E-state index contributed by atoms with van der Waals surface area (Å²) in [6, 6.07) is 18.6. The fourth-order valence-corrected chi connectivity index (χ4v) is 5.23. The van der Waals surface area contributed by atoms with Crippen LogP contribution in [0.5, 0.6) is 11.5 Å². The topological polar surface area (TPSA) is 59.3 Å². The second-order valence-electron chi connectivity index (χ2n) is 7.87. The summed E-state index contributed by atoms with van der Waals surface area (Å²) in [6.45, 7) is 4.19. The minimum absolute atomic E-state index is 0.102. The Kier molecular flexibility index (Phi) is 5.08. The lowest BCUT2D eigenvalue weighted by molar-refractivity contribution is -0.151. The highest BCUT2D eigenvalue weighted by atomic mass is 79.9. The molecule has 0 heterocycles. The Morgan fingerprint density at radius 2 is 1.76 bits per heavy atom. The van der Waals surface area contributed by atoms with Crippen molar-refractivity contribution in [1.29, 1.82) is 5.26 Å². The monoisotopic (exact) mass is 515 g/mol. The lowest BCUT2D eigenvalue weighted by Gasteiger charge is -2.19. The van der Waals surface area contributed by atoms with Crippen LogP contribution < -0.4 is 4.74 Å². The quantitative estimate of drug-likeness (QED) is 0.411. The van der Waals surface area contributed by atoms with E-state index in [0.717, 1.165) is 3.39 Å². The number of fused-ring (bicyclic) bond motifs is 1. The van der Waals surface area contributed by atoms with Gasteiger partial charge in [-0.25, -0.2) is 0 Å². The van der Waals surface area contributed by atoms with Crippen molar-refractivity contribution in [1.82, 2.24) is 0 Å². The van der Waals surface area contributed by atoms with E-state index in [1.165, 1.54) is 0 Å². The average molecular weight is 517 g/mol. The van der Waals surface area contributed by atoms with Crippen LogP contribution in [0.2, 0.25) is 0 Å². The van der Waals surface area contributed by atoms with Crippen molar-refractivity contribution in [3.63, 3.8) is 0 Å². The predicted octanol–water partition coefficient (Wildman–Crippen LogP) is 6.49. The van der Waals surface area contributed by atoms with Gasteiger partial charge in [0, 0.05) is 5.56 Å². The van der Waals surface area contributed by atoms with Crippen LogP contribution in [0.1, 0.15) is 25.5 Å². The van der Waals surface area contributed by atoms with Gasteiger partial charge in [0.15, 0.2) is 0 Å². The molecule has 2 aromatic carbocycles. The predicted molar refractivity (Wildman–Crippen MR) is 117 cm³/mol. The molecule has 2 fully saturated rings. The van der Waals surface area contributed by atoms with E-state index in [1.807, 2.05) is 30.3 Å². The number of esters is 1. The number of ether oxygens (including phenoxy) is 2. The van der Waals surface area contributed by atoms with E-state index < -0.39 is 6.10 Å². The van der Waals surface area contributed by atoms with E-state index in [4.69, 9.17) is 9.47 Å². The maximum absolute atomic E-state index is 12.8. The molecule has 0 bridgehead atoms. The molecule has 0 amide bonds. The Balaban J connectivity index is 1.44. The Morgan fingerprint density at radius 3 is 2.38 bits per heavy atom. The summed E-state index contributed by atoms with van der Waals surface area (Å²) in [5.74, 6) is 1.11. The number of nitriles is 1. The van der Waals surface area contributed by atoms with Crippen molar-refractivity contribution >= 4 is 37.8 Å². The van der Waals surface area contributed by atoms with Gasteiger partial charge in [0.1, 0.15) is 17.6 Å². The Bertz CT molecular complexity index is 1010. The van der Waals surface area contributed by atoms with E-state index in [2.05, 4.69) is 57.9 Å². The SMILES string of the molecule is CC12C(C=C(Br)Br)C1(C)C2C(=O)O[C@H](C#N)c1cccc(Oc2ccccc2)c1. The lowest BCUT2D eigenvalue weighted by atomic mass is 9.93. The fraction of sp³-hybridized carbons (Fsp3) is 0.304. The average Bonchev–Trinajstić information content (AvgIpc) is 3.41. The summed E-state index contributed by atoms with van der Waals surface area (Å²) in [7, 11) is 0. The molecular formula is C23H19Br2NO3. The Hall–Kier alpha value is -2.10. The van der Waals surface area contributed by atoms with Gasteiger partial charge in [-0.2, -0.15) is 5.26 Å². The molecule has 2 saturated carbocycles. The van der Waals surface area contributed by atoms with Crippen LogP contribution in [0.25, 0.3) is 0 Å². The van der Waals surface area contributed by atoms with Gasteiger partial charge in [-0.3, -0.25) is 4.79 Å². The van der Waals surface area contributed by atoms with E-state index in [-0.39, 0.29) is 22.7 Å². The number of carbonyl (C=O) groups excluding carboxylic acids is 1. The number of para-hydroxylation sites is 1. The molecule has 3 atom stereocenters. The Labute approximate surface area is 186 Å². The zero-order chi connectivity index (χ0) is 20.8. The first kappa shape index (κ1) is 20.2. The third-order valence-corrected chi connectivity index (χ3v) is 7.03. The third-order valence-electron chi connectivity index (χ3n) is 6.50. The first-order valence-corrected chi connectivity index (χ1v) is 10.9. The molecule has 4 nitrogen and oxygen atoms in total. The zero-order valence-electron chi connectivity index (χ0n) is 15.9. The summed E-state index contributed by atoms with van der Waals surface area (Å²) >= 11 is 6.77. The van der Waals surface area contributed by atoms with Crippen LogP contribution in [0.3, 0.4) is 0 Å². The lowest BCUT2D eigenvalue weighted by Crippen LogP contribution is -2.23. The van der Waals surface area contributed by atoms with Gasteiger partial charge >= 0.3 is 5.97 Å². The molecule has 29 heavy (non-hydrogen) atoms. The molecule has 0 radical (unpaired) electrons. The van der Waals surface area contributed by atoms with Gasteiger partial charge in [-0.05, 0) is 72.9 Å². The number of hydrogen-bond donors (Lipinski definition) is 0. The molecule has 0 spiro atoms. The van der Waals surface area contributed by atoms with Crippen LogP contribution in [-0.4, -0.2) is 5.97 Å². The summed E-state index contributed by atoms with van der Waals surface area (Å²) < 4.78 is 12.3. The van der Waals surface area contributed by atoms with E-state index in [9.17, 15) is 10.1 Å². The summed E-state index contributed by atoms with van der Waals surface area (Å²) in [6.07, 6.45) is 1.11. The van der Waals surface area contributed by atoms with Crippen LogP contribution in [0.15, 0.2) is 64.1 Å². The highest BCUT2D eigenvalue weighted by Gasteiger charge is 2.94. The number of nitrogens with zero attached hydrogens (tertiary/aromatic N) is 1. The first-order chi connectivity index (χ1) is 13.8. The van der Waals surface area contributed by atoms with E-state index in [0.29, 0.717) is 23.0 Å².